The van der Waals surface area contributed by atoms with Crippen LogP contribution >= 0.6 is 11.3 Å². The van der Waals surface area contributed by atoms with Crippen LogP contribution in [0.15, 0.2) is 17.5 Å². The smallest absolute Gasteiger partial charge is 0.0477 e. The van der Waals surface area contributed by atoms with Gasteiger partial charge in [-0.2, -0.15) is 0 Å². The van der Waals surface area contributed by atoms with E-state index in [4.69, 9.17) is 0 Å². The highest BCUT2D eigenvalue weighted by atomic mass is 32.1. The number of hydrogen-bond acceptors (Lipinski definition) is 3. The summed E-state index contributed by atoms with van der Waals surface area (Å²) in [5, 5.41) is 14.5. The van der Waals surface area contributed by atoms with Gasteiger partial charge in [0.15, 0.2) is 0 Å². The Balaban J connectivity index is 2.72. The van der Waals surface area contributed by atoms with E-state index in [0.717, 1.165) is 6.42 Å². The number of rotatable bonds is 5. The number of aliphatic hydroxyl groups is 1. The van der Waals surface area contributed by atoms with Crippen molar-refractivity contribution in [2.24, 2.45) is 5.92 Å². The van der Waals surface area contributed by atoms with Crippen molar-refractivity contribution in [3.05, 3.63) is 22.4 Å². The molecule has 0 aromatic carbocycles. The molecule has 1 aromatic rings. The first-order chi connectivity index (χ1) is 6.33. The van der Waals surface area contributed by atoms with Crippen molar-refractivity contribution in [1.29, 1.82) is 0 Å². The van der Waals surface area contributed by atoms with Gasteiger partial charge in [-0.3, -0.25) is 0 Å². The van der Waals surface area contributed by atoms with Crippen molar-refractivity contribution in [2.45, 2.75) is 19.4 Å². The van der Waals surface area contributed by atoms with E-state index in [1.807, 2.05) is 7.05 Å². The molecular weight excluding hydrogens is 182 g/mol. The van der Waals surface area contributed by atoms with E-state index in [0.29, 0.717) is 12.0 Å². The van der Waals surface area contributed by atoms with Gasteiger partial charge in [0.25, 0.3) is 0 Å². The third-order valence-electron chi connectivity index (χ3n) is 2.39. The maximum atomic E-state index is 9.19. The predicted molar refractivity (Wildman–Crippen MR) is 57.0 cm³/mol. The zero-order valence-electron chi connectivity index (χ0n) is 8.16. The molecule has 0 bridgehead atoms. The molecule has 74 valence electrons. The van der Waals surface area contributed by atoms with Crippen LogP contribution < -0.4 is 5.32 Å². The first kappa shape index (κ1) is 10.7. The summed E-state index contributed by atoms with van der Waals surface area (Å²) in [6.07, 6.45) is 1.000. The highest BCUT2D eigenvalue weighted by Gasteiger charge is 2.19. The zero-order valence-corrected chi connectivity index (χ0v) is 8.97. The molecule has 2 atom stereocenters. The quantitative estimate of drug-likeness (QED) is 0.760. The molecular formula is C10H17NOS. The Kier molecular flexibility index (Phi) is 4.42. The van der Waals surface area contributed by atoms with E-state index in [1.165, 1.54) is 4.88 Å². The normalized spacial score (nSPS) is 15.6. The first-order valence-electron chi connectivity index (χ1n) is 4.65. The highest BCUT2D eigenvalue weighted by Crippen LogP contribution is 2.27. The molecule has 0 fully saturated rings. The molecule has 0 aliphatic carbocycles. The minimum atomic E-state index is 0.250. The van der Waals surface area contributed by atoms with Gasteiger partial charge in [-0.1, -0.05) is 13.0 Å². The lowest BCUT2D eigenvalue weighted by Crippen LogP contribution is -2.26. The molecule has 0 aliphatic heterocycles. The molecule has 0 saturated carbocycles. The Morgan fingerprint density at radius 2 is 2.38 bits per heavy atom. The summed E-state index contributed by atoms with van der Waals surface area (Å²) in [5.41, 5.74) is 0. The molecule has 1 rings (SSSR count). The Morgan fingerprint density at radius 3 is 2.77 bits per heavy atom. The van der Waals surface area contributed by atoms with Crippen LogP contribution in [0.25, 0.3) is 0 Å². The second-order valence-electron chi connectivity index (χ2n) is 3.13. The molecule has 1 heterocycles. The molecule has 0 spiro atoms. The van der Waals surface area contributed by atoms with Crippen molar-refractivity contribution < 1.29 is 5.11 Å². The fraction of sp³-hybridized carbons (Fsp3) is 0.600. The van der Waals surface area contributed by atoms with E-state index in [2.05, 4.69) is 29.8 Å². The van der Waals surface area contributed by atoms with E-state index in [1.54, 1.807) is 11.3 Å². The number of hydrogen-bond donors (Lipinski definition) is 2. The van der Waals surface area contributed by atoms with Gasteiger partial charge >= 0.3 is 0 Å². The molecule has 13 heavy (non-hydrogen) atoms. The molecule has 0 radical (unpaired) electrons. The van der Waals surface area contributed by atoms with Crippen LogP contribution in [0.4, 0.5) is 0 Å². The third kappa shape index (κ3) is 2.53. The summed E-state index contributed by atoms with van der Waals surface area (Å²) in [6, 6.07) is 4.47. The van der Waals surface area contributed by atoms with Gasteiger partial charge in [0.1, 0.15) is 0 Å². The monoisotopic (exact) mass is 199 g/mol. The van der Waals surface area contributed by atoms with Crippen LogP contribution in [0, 0.1) is 5.92 Å². The fourth-order valence-electron chi connectivity index (χ4n) is 1.55. The molecule has 2 nitrogen and oxygen atoms in total. The number of thiophene rings is 1. The SMILES string of the molecule is CCC(CO)C(NC)c1cccs1. The maximum absolute atomic E-state index is 9.19. The standard InChI is InChI=1S/C10H17NOS/c1-3-8(7-12)10(11-2)9-5-4-6-13-9/h4-6,8,10-12H,3,7H2,1-2H3. The van der Waals surface area contributed by atoms with Crippen molar-refractivity contribution in [1.82, 2.24) is 5.32 Å². The molecule has 0 amide bonds. The maximum Gasteiger partial charge on any atom is 0.0477 e. The lowest BCUT2D eigenvalue weighted by Gasteiger charge is -2.22. The van der Waals surface area contributed by atoms with Crippen LogP contribution in [0.1, 0.15) is 24.3 Å². The van der Waals surface area contributed by atoms with Crippen LogP contribution in [-0.2, 0) is 0 Å². The van der Waals surface area contributed by atoms with Gasteiger partial charge in [0.2, 0.25) is 0 Å². The second kappa shape index (κ2) is 5.37. The zero-order chi connectivity index (χ0) is 9.68. The van der Waals surface area contributed by atoms with Crippen LogP contribution in [0.5, 0.6) is 0 Å². The molecule has 2 unspecified atom stereocenters. The largest absolute Gasteiger partial charge is 0.396 e. The van der Waals surface area contributed by atoms with Gasteiger partial charge in [-0.15, -0.1) is 11.3 Å². The topological polar surface area (TPSA) is 32.3 Å². The van der Waals surface area contributed by atoms with E-state index in [-0.39, 0.29) is 6.61 Å². The lowest BCUT2D eigenvalue weighted by molar-refractivity contribution is 0.190. The van der Waals surface area contributed by atoms with Gasteiger partial charge in [-0.05, 0) is 24.9 Å². The molecule has 0 aliphatic rings. The summed E-state index contributed by atoms with van der Waals surface area (Å²) in [6.45, 7) is 2.36. The fourth-order valence-corrected chi connectivity index (χ4v) is 2.48. The van der Waals surface area contributed by atoms with Crippen molar-refractivity contribution >= 4 is 11.3 Å². The highest BCUT2D eigenvalue weighted by molar-refractivity contribution is 7.10. The summed E-state index contributed by atoms with van der Waals surface area (Å²) in [5.74, 6) is 0.323. The lowest BCUT2D eigenvalue weighted by atomic mass is 9.97. The second-order valence-corrected chi connectivity index (χ2v) is 4.11. The molecule has 3 heteroatoms. The summed E-state index contributed by atoms with van der Waals surface area (Å²) >= 11 is 1.74. The van der Waals surface area contributed by atoms with Crippen LogP contribution in [0.2, 0.25) is 0 Å². The molecule has 0 saturated heterocycles. The summed E-state index contributed by atoms with van der Waals surface area (Å²) in [4.78, 5) is 1.31. The van der Waals surface area contributed by atoms with E-state index in [9.17, 15) is 5.11 Å². The Hall–Kier alpha value is -0.380. The predicted octanol–water partition coefficient (Wildman–Crippen LogP) is 2.03. The van der Waals surface area contributed by atoms with Crippen LogP contribution in [-0.4, -0.2) is 18.8 Å². The minimum Gasteiger partial charge on any atom is -0.396 e. The number of nitrogens with one attached hydrogen (secondary N) is 1. The Morgan fingerprint density at radius 1 is 1.62 bits per heavy atom. The van der Waals surface area contributed by atoms with Crippen molar-refractivity contribution in [3.63, 3.8) is 0 Å². The number of aliphatic hydroxyl groups excluding tert-OH is 1. The van der Waals surface area contributed by atoms with Gasteiger partial charge in [-0.25, -0.2) is 0 Å². The minimum absolute atomic E-state index is 0.250. The Bertz CT molecular complexity index is 219. The van der Waals surface area contributed by atoms with Crippen LogP contribution in [0.3, 0.4) is 0 Å². The Labute approximate surface area is 83.6 Å². The first-order valence-corrected chi connectivity index (χ1v) is 5.53. The van der Waals surface area contributed by atoms with E-state index >= 15 is 0 Å². The van der Waals surface area contributed by atoms with Gasteiger partial charge < -0.3 is 10.4 Å². The summed E-state index contributed by atoms with van der Waals surface area (Å²) in [7, 11) is 1.95. The molecule has 1 aromatic heterocycles. The summed E-state index contributed by atoms with van der Waals surface area (Å²) < 4.78 is 0. The van der Waals surface area contributed by atoms with Crippen molar-refractivity contribution in [2.75, 3.05) is 13.7 Å². The third-order valence-corrected chi connectivity index (χ3v) is 3.35. The average Bonchev–Trinajstić information content (AvgIpc) is 2.66. The van der Waals surface area contributed by atoms with Crippen molar-refractivity contribution in [3.8, 4) is 0 Å². The molecule has 2 N–H and O–H groups in total. The van der Waals surface area contributed by atoms with E-state index < -0.39 is 0 Å². The van der Waals surface area contributed by atoms with Gasteiger partial charge in [0, 0.05) is 23.4 Å². The van der Waals surface area contributed by atoms with Gasteiger partial charge in [0.05, 0.1) is 0 Å². The average molecular weight is 199 g/mol.